The monoisotopic (exact) mass is 581 g/mol. The number of amides is 2. The van der Waals surface area contributed by atoms with Crippen molar-refractivity contribution >= 4 is 44.9 Å². The molecule has 1 saturated heterocycles. The van der Waals surface area contributed by atoms with Crippen LogP contribution in [0.2, 0.25) is 0 Å². The highest BCUT2D eigenvalue weighted by Crippen LogP contribution is 2.39. The van der Waals surface area contributed by atoms with E-state index in [1.807, 2.05) is 81.4 Å². The van der Waals surface area contributed by atoms with Gasteiger partial charge in [0.15, 0.2) is 11.5 Å². The zero-order valence-electron chi connectivity index (χ0n) is 21.0. The van der Waals surface area contributed by atoms with Gasteiger partial charge in [-0.2, -0.15) is 0 Å². The molecule has 0 unspecified atom stereocenters. The number of nitrogens with zero attached hydrogens (tertiary/aromatic N) is 1. The third-order valence-electron chi connectivity index (χ3n) is 5.65. The van der Waals surface area contributed by atoms with Crippen LogP contribution >= 0.6 is 27.7 Å². The van der Waals surface area contributed by atoms with Gasteiger partial charge in [-0.25, -0.2) is 0 Å². The fourth-order valence-corrected chi connectivity index (χ4v) is 5.20. The van der Waals surface area contributed by atoms with Crippen LogP contribution in [0.25, 0.3) is 6.08 Å². The largest absolute Gasteiger partial charge is 0.491 e. The number of thioether (sulfide) groups is 1. The third-order valence-corrected chi connectivity index (χ3v) is 7.14. The number of imide groups is 1. The smallest absolute Gasteiger partial charge is 0.293 e. The van der Waals surface area contributed by atoms with Crippen LogP contribution in [0, 0.1) is 13.8 Å². The van der Waals surface area contributed by atoms with Crippen LogP contribution in [0.15, 0.2) is 70.0 Å². The van der Waals surface area contributed by atoms with Gasteiger partial charge in [-0.05, 0) is 95.0 Å². The third kappa shape index (κ3) is 6.76. The molecule has 0 spiro atoms. The predicted molar refractivity (Wildman–Crippen MR) is 150 cm³/mol. The van der Waals surface area contributed by atoms with E-state index >= 15 is 0 Å². The van der Waals surface area contributed by atoms with Crippen molar-refractivity contribution < 1.29 is 23.8 Å². The maximum absolute atomic E-state index is 13.0. The number of carbonyl (C=O) groups is 2. The van der Waals surface area contributed by atoms with Gasteiger partial charge in [0.1, 0.15) is 19.0 Å². The van der Waals surface area contributed by atoms with E-state index in [1.54, 1.807) is 6.08 Å². The quantitative estimate of drug-likeness (QED) is 0.237. The molecule has 192 valence electrons. The molecule has 1 heterocycles. The van der Waals surface area contributed by atoms with Crippen molar-refractivity contribution in [3.05, 3.63) is 92.3 Å². The van der Waals surface area contributed by atoms with Crippen LogP contribution in [-0.4, -0.2) is 35.8 Å². The predicted octanol–water partition coefficient (Wildman–Crippen LogP) is 7.16. The van der Waals surface area contributed by atoms with Crippen LogP contribution < -0.4 is 14.2 Å². The Morgan fingerprint density at radius 1 is 0.946 bits per heavy atom. The fraction of sp³-hybridized carbons (Fsp3) is 0.241. The Morgan fingerprint density at radius 3 is 2.49 bits per heavy atom. The molecule has 2 amide bonds. The minimum Gasteiger partial charge on any atom is -0.491 e. The van der Waals surface area contributed by atoms with Crippen molar-refractivity contribution in [3.8, 4) is 17.2 Å². The molecule has 3 aromatic carbocycles. The average Bonchev–Trinajstić information content (AvgIpc) is 3.13. The number of aryl methyl sites for hydroxylation is 2. The summed E-state index contributed by atoms with van der Waals surface area (Å²) in [6, 6.07) is 19.5. The summed E-state index contributed by atoms with van der Waals surface area (Å²) >= 11 is 4.50. The van der Waals surface area contributed by atoms with E-state index in [-0.39, 0.29) is 24.3 Å². The molecule has 1 aliphatic rings. The average molecular weight is 583 g/mol. The molecular formula is C29H28BrNO5S. The summed E-state index contributed by atoms with van der Waals surface area (Å²) in [6.07, 6.45) is 1.70. The zero-order chi connectivity index (χ0) is 26.4. The minimum absolute atomic E-state index is 0.176. The van der Waals surface area contributed by atoms with Gasteiger partial charge in [0.2, 0.25) is 0 Å². The van der Waals surface area contributed by atoms with Crippen molar-refractivity contribution in [2.75, 3.05) is 19.8 Å². The van der Waals surface area contributed by atoms with Crippen LogP contribution in [0.1, 0.15) is 29.2 Å². The Hall–Kier alpha value is -3.23. The number of rotatable bonds is 10. The second-order valence-corrected chi connectivity index (χ2v) is 10.3. The van der Waals surface area contributed by atoms with E-state index in [0.717, 1.165) is 39.8 Å². The van der Waals surface area contributed by atoms with Crippen molar-refractivity contribution in [1.82, 2.24) is 4.90 Å². The molecule has 37 heavy (non-hydrogen) atoms. The summed E-state index contributed by atoms with van der Waals surface area (Å²) < 4.78 is 18.4. The van der Waals surface area contributed by atoms with Crippen LogP contribution in [-0.2, 0) is 11.4 Å². The Bertz CT molecular complexity index is 1330. The normalized spacial score (nSPS) is 14.4. The standard InChI is InChI=1S/C29H28BrNO5S/c1-4-34-25-16-22(15-23(30)27(25)36-18-21-8-6-5-7-9-21)17-26-28(32)31(29(33)37-26)12-13-35-24-14-19(2)10-11-20(24)3/h5-11,14-17H,4,12-13,18H2,1-3H3/b26-17-. The Balaban J connectivity index is 1.46. The zero-order valence-corrected chi connectivity index (χ0v) is 23.4. The van der Waals surface area contributed by atoms with Crippen LogP contribution in [0.3, 0.4) is 0 Å². The number of carbonyl (C=O) groups excluding carboxylic acids is 2. The Labute approximate surface area is 229 Å². The van der Waals surface area contributed by atoms with E-state index in [4.69, 9.17) is 14.2 Å². The maximum Gasteiger partial charge on any atom is 0.293 e. The van der Waals surface area contributed by atoms with Crippen molar-refractivity contribution in [2.45, 2.75) is 27.4 Å². The van der Waals surface area contributed by atoms with Crippen molar-refractivity contribution in [1.29, 1.82) is 0 Å². The Kier molecular flexibility index (Phi) is 8.95. The molecule has 1 aliphatic heterocycles. The lowest BCUT2D eigenvalue weighted by Crippen LogP contribution is -2.32. The lowest BCUT2D eigenvalue weighted by Gasteiger charge is -2.15. The number of halogens is 1. The molecule has 1 fully saturated rings. The van der Waals surface area contributed by atoms with Gasteiger partial charge in [0.05, 0.1) is 22.5 Å². The van der Waals surface area contributed by atoms with E-state index in [0.29, 0.717) is 34.1 Å². The fourth-order valence-electron chi connectivity index (χ4n) is 3.76. The first kappa shape index (κ1) is 26.8. The number of benzene rings is 3. The SMILES string of the molecule is CCOc1cc(/C=C2\SC(=O)N(CCOc3cc(C)ccc3C)C2=O)cc(Br)c1OCc1ccccc1. The minimum atomic E-state index is -0.335. The second-order valence-electron chi connectivity index (χ2n) is 8.49. The summed E-state index contributed by atoms with van der Waals surface area (Å²) in [5.41, 5.74) is 3.85. The van der Waals surface area contributed by atoms with E-state index < -0.39 is 0 Å². The van der Waals surface area contributed by atoms with E-state index in [1.165, 1.54) is 4.90 Å². The molecule has 0 saturated carbocycles. The highest BCUT2D eigenvalue weighted by Gasteiger charge is 2.35. The number of hydrogen-bond acceptors (Lipinski definition) is 6. The van der Waals surface area contributed by atoms with Crippen molar-refractivity contribution in [3.63, 3.8) is 0 Å². The lowest BCUT2D eigenvalue weighted by molar-refractivity contribution is -0.123. The van der Waals surface area contributed by atoms with Gasteiger partial charge < -0.3 is 14.2 Å². The first-order valence-corrected chi connectivity index (χ1v) is 13.5. The molecule has 0 radical (unpaired) electrons. The summed E-state index contributed by atoms with van der Waals surface area (Å²) in [4.78, 5) is 27.1. The van der Waals surface area contributed by atoms with E-state index in [9.17, 15) is 9.59 Å². The molecule has 3 aromatic rings. The van der Waals surface area contributed by atoms with Gasteiger partial charge in [0.25, 0.3) is 11.1 Å². The highest BCUT2D eigenvalue weighted by molar-refractivity contribution is 9.10. The molecule has 4 rings (SSSR count). The summed E-state index contributed by atoms with van der Waals surface area (Å²) in [7, 11) is 0. The second kappa shape index (κ2) is 12.3. The molecule has 0 N–H and O–H groups in total. The first-order valence-electron chi connectivity index (χ1n) is 11.9. The maximum atomic E-state index is 13.0. The first-order chi connectivity index (χ1) is 17.9. The highest BCUT2D eigenvalue weighted by atomic mass is 79.9. The summed E-state index contributed by atoms with van der Waals surface area (Å²) in [6.45, 7) is 7.09. The molecule has 0 atom stereocenters. The molecule has 8 heteroatoms. The van der Waals surface area contributed by atoms with Gasteiger partial charge in [-0.3, -0.25) is 14.5 Å². The molecule has 0 bridgehead atoms. The van der Waals surface area contributed by atoms with Gasteiger partial charge in [-0.15, -0.1) is 0 Å². The molecular weight excluding hydrogens is 554 g/mol. The molecule has 0 aromatic heterocycles. The van der Waals surface area contributed by atoms with Crippen molar-refractivity contribution in [2.24, 2.45) is 0 Å². The van der Waals surface area contributed by atoms with Crippen LogP contribution in [0.4, 0.5) is 4.79 Å². The Morgan fingerprint density at radius 2 is 1.73 bits per heavy atom. The molecule has 0 aliphatic carbocycles. The number of ether oxygens (including phenoxy) is 3. The van der Waals surface area contributed by atoms with E-state index in [2.05, 4.69) is 15.9 Å². The van der Waals surface area contributed by atoms with Gasteiger partial charge in [-0.1, -0.05) is 42.5 Å². The molecule has 6 nitrogen and oxygen atoms in total. The topological polar surface area (TPSA) is 65.1 Å². The van der Waals surface area contributed by atoms with Gasteiger partial charge in [0, 0.05) is 0 Å². The van der Waals surface area contributed by atoms with Crippen LogP contribution in [0.5, 0.6) is 17.2 Å². The van der Waals surface area contributed by atoms with Gasteiger partial charge >= 0.3 is 0 Å². The summed E-state index contributed by atoms with van der Waals surface area (Å²) in [5.74, 6) is 1.56. The summed E-state index contributed by atoms with van der Waals surface area (Å²) in [5, 5.41) is -0.312. The number of hydrogen-bond donors (Lipinski definition) is 0. The lowest BCUT2D eigenvalue weighted by atomic mass is 10.1.